The highest BCUT2D eigenvalue weighted by Gasteiger charge is 2.41. The summed E-state index contributed by atoms with van der Waals surface area (Å²) in [5.74, 6) is 0.524. The Bertz CT molecular complexity index is 831. The van der Waals surface area contributed by atoms with E-state index in [1.807, 2.05) is 38.1 Å². The third kappa shape index (κ3) is 5.10. The summed E-state index contributed by atoms with van der Waals surface area (Å²) in [4.78, 5) is 13.4. The molecular formula is C23H28ClNO4. The topological polar surface area (TPSA) is 56.8 Å². The van der Waals surface area contributed by atoms with Crippen molar-refractivity contribution in [1.29, 1.82) is 0 Å². The van der Waals surface area contributed by atoms with E-state index in [9.17, 15) is 4.79 Å². The fourth-order valence-electron chi connectivity index (χ4n) is 3.65. The summed E-state index contributed by atoms with van der Waals surface area (Å²) < 4.78 is 16.4. The zero-order valence-electron chi connectivity index (χ0n) is 17.2. The number of benzene rings is 2. The molecule has 1 N–H and O–H groups in total. The van der Waals surface area contributed by atoms with Crippen LogP contribution < -0.4 is 10.1 Å². The van der Waals surface area contributed by atoms with Gasteiger partial charge in [-0.1, -0.05) is 41.4 Å². The lowest BCUT2D eigenvalue weighted by Crippen LogP contribution is -2.44. The fourth-order valence-corrected chi connectivity index (χ4v) is 3.87. The molecule has 0 aromatic heterocycles. The monoisotopic (exact) mass is 417 g/mol. The van der Waals surface area contributed by atoms with Crippen LogP contribution in [-0.4, -0.2) is 38.9 Å². The summed E-state index contributed by atoms with van der Waals surface area (Å²) in [5, 5.41) is 3.50. The molecule has 2 aromatic rings. The number of nitrogens with one attached hydrogen (secondary N) is 1. The number of amides is 1. The van der Waals surface area contributed by atoms with Gasteiger partial charge in [0.2, 0.25) is 5.91 Å². The first-order valence-electron chi connectivity index (χ1n) is 9.86. The Balaban J connectivity index is 1.79. The summed E-state index contributed by atoms with van der Waals surface area (Å²) in [5.41, 5.74) is 2.22. The molecule has 0 aliphatic carbocycles. The van der Waals surface area contributed by atoms with Crippen LogP contribution in [0, 0.1) is 6.92 Å². The van der Waals surface area contributed by atoms with Crippen LogP contribution in [0.5, 0.6) is 5.75 Å². The average Bonchev–Trinajstić information content (AvgIpc) is 2.71. The van der Waals surface area contributed by atoms with Gasteiger partial charge in [-0.05, 0) is 50.5 Å². The smallest absolute Gasteiger partial charge is 0.235 e. The summed E-state index contributed by atoms with van der Waals surface area (Å²) in [7, 11) is 1.63. The van der Waals surface area contributed by atoms with Gasteiger partial charge in [0, 0.05) is 26.0 Å². The van der Waals surface area contributed by atoms with Gasteiger partial charge in [-0.2, -0.15) is 0 Å². The second-order valence-corrected chi connectivity index (χ2v) is 7.95. The minimum atomic E-state index is -0.611. The molecule has 1 fully saturated rings. The van der Waals surface area contributed by atoms with Crippen molar-refractivity contribution in [2.75, 3.05) is 32.2 Å². The molecule has 1 heterocycles. The third-order valence-corrected chi connectivity index (χ3v) is 5.60. The number of halogens is 1. The van der Waals surface area contributed by atoms with Crippen molar-refractivity contribution in [2.45, 2.75) is 38.2 Å². The van der Waals surface area contributed by atoms with Gasteiger partial charge in [0.25, 0.3) is 0 Å². The molecule has 6 heteroatoms. The molecule has 0 spiro atoms. The Morgan fingerprint density at radius 2 is 1.90 bits per heavy atom. The molecule has 1 atom stereocenters. The lowest BCUT2D eigenvalue weighted by Gasteiger charge is -2.36. The van der Waals surface area contributed by atoms with Gasteiger partial charge in [-0.15, -0.1) is 0 Å². The van der Waals surface area contributed by atoms with Crippen molar-refractivity contribution < 1.29 is 19.0 Å². The summed E-state index contributed by atoms with van der Waals surface area (Å²) in [6, 6.07) is 13.5. The van der Waals surface area contributed by atoms with Gasteiger partial charge in [-0.25, -0.2) is 0 Å². The SMILES string of the molecule is COC[C@H](C)Oc1ccc(NC(=O)C2(c3ccc(C)cc3)CCOCC2)cc1Cl. The predicted octanol–water partition coefficient (Wildman–Crippen LogP) is 4.75. The lowest BCUT2D eigenvalue weighted by atomic mass is 9.73. The highest BCUT2D eigenvalue weighted by atomic mass is 35.5. The molecule has 2 aromatic carbocycles. The summed E-state index contributed by atoms with van der Waals surface area (Å²) in [6.45, 7) is 5.54. The lowest BCUT2D eigenvalue weighted by molar-refractivity contribution is -0.125. The Labute approximate surface area is 177 Å². The molecule has 0 radical (unpaired) electrons. The number of ether oxygens (including phenoxy) is 3. The maximum Gasteiger partial charge on any atom is 0.235 e. The van der Waals surface area contributed by atoms with Crippen molar-refractivity contribution in [1.82, 2.24) is 0 Å². The molecule has 29 heavy (non-hydrogen) atoms. The number of rotatable bonds is 7. The molecule has 1 amide bonds. The first-order chi connectivity index (χ1) is 13.9. The number of aryl methyl sites for hydroxylation is 1. The quantitative estimate of drug-likeness (QED) is 0.706. The molecule has 3 rings (SSSR count). The number of anilines is 1. The number of methoxy groups -OCH3 is 1. The van der Waals surface area contributed by atoms with Gasteiger partial charge < -0.3 is 19.5 Å². The van der Waals surface area contributed by atoms with Crippen LogP contribution in [0.2, 0.25) is 5.02 Å². The predicted molar refractivity (Wildman–Crippen MR) is 115 cm³/mol. The highest BCUT2D eigenvalue weighted by molar-refractivity contribution is 6.32. The molecule has 0 bridgehead atoms. The fraction of sp³-hybridized carbons (Fsp3) is 0.435. The van der Waals surface area contributed by atoms with Crippen LogP contribution in [0.25, 0.3) is 0 Å². The van der Waals surface area contributed by atoms with Gasteiger partial charge in [0.15, 0.2) is 0 Å². The van der Waals surface area contributed by atoms with Crippen molar-refractivity contribution >= 4 is 23.2 Å². The van der Waals surface area contributed by atoms with E-state index < -0.39 is 5.41 Å². The van der Waals surface area contributed by atoms with Crippen LogP contribution >= 0.6 is 11.6 Å². The highest BCUT2D eigenvalue weighted by Crippen LogP contribution is 2.37. The van der Waals surface area contributed by atoms with Crippen LogP contribution in [-0.2, 0) is 19.7 Å². The van der Waals surface area contributed by atoms with Crippen molar-refractivity contribution in [2.24, 2.45) is 0 Å². The molecule has 5 nitrogen and oxygen atoms in total. The Hall–Kier alpha value is -2.08. The largest absolute Gasteiger partial charge is 0.487 e. The second-order valence-electron chi connectivity index (χ2n) is 7.54. The first kappa shape index (κ1) is 21.6. The summed E-state index contributed by atoms with van der Waals surface area (Å²) in [6.07, 6.45) is 1.17. The zero-order chi connectivity index (χ0) is 20.9. The van der Waals surface area contributed by atoms with E-state index in [-0.39, 0.29) is 12.0 Å². The van der Waals surface area contributed by atoms with Gasteiger partial charge in [-0.3, -0.25) is 4.79 Å². The van der Waals surface area contributed by atoms with E-state index in [4.69, 9.17) is 25.8 Å². The first-order valence-corrected chi connectivity index (χ1v) is 10.2. The maximum absolute atomic E-state index is 13.4. The van der Waals surface area contributed by atoms with Crippen molar-refractivity contribution in [3.63, 3.8) is 0 Å². The normalized spacial score (nSPS) is 16.8. The van der Waals surface area contributed by atoms with E-state index in [0.29, 0.717) is 49.1 Å². The standard InChI is InChI=1S/C23H28ClNO4/c1-16-4-6-18(7-5-16)23(10-12-28-13-11-23)22(26)25-19-8-9-21(20(24)14-19)29-17(2)15-27-3/h4-9,14,17H,10-13,15H2,1-3H3,(H,25,26)/t17-/m0/s1. The third-order valence-electron chi connectivity index (χ3n) is 5.30. The second kappa shape index (κ2) is 9.61. The summed E-state index contributed by atoms with van der Waals surface area (Å²) >= 11 is 6.37. The Morgan fingerprint density at radius 3 is 2.52 bits per heavy atom. The molecule has 1 aliphatic rings. The average molecular weight is 418 g/mol. The van der Waals surface area contributed by atoms with Gasteiger partial charge in [0.05, 0.1) is 17.0 Å². The molecule has 0 saturated carbocycles. The van der Waals surface area contributed by atoms with Crippen LogP contribution in [0.4, 0.5) is 5.69 Å². The van der Waals surface area contributed by atoms with Crippen LogP contribution in [0.3, 0.4) is 0 Å². The maximum atomic E-state index is 13.4. The molecule has 156 valence electrons. The molecule has 1 aliphatic heterocycles. The minimum absolute atomic E-state index is 0.0397. The van der Waals surface area contributed by atoms with Gasteiger partial charge >= 0.3 is 0 Å². The number of hydrogen-bond donors (Lipinski definition) is 1. The van der Waals surface area contributed by atoms with Crippen molar-refractivity contribution in [3.05, 3.63) is 58.6 Å². The van der Waals surface area contributed by atoms with E-state index in [1.165, 1.54) is 5.56 Å². The van der Waals surface area contributed by atoms with Crippen LogP contribution in [0.15, 0.2) is 42.5 Å². The van der Waals surface area contributed by atoms with E-state index >= 15 is 0 Å². The van der Waals surface area contributed by atoms with Gasteiger partial charge in [0.1, 0.15) is 11.9 Å². The number of carbonyl (C=O) groups is 1. The van der Waals surface area contributed by atoms with E-state index in [1.54, 1.807) is 25.3 Å². The van der Waals surface area contributed by atoms with E-state index in [2.05, 4.69) is 5.32 Å². The minimum Gasteiger partial charge on any atom is -0.487 e. The zero-order valence-corrected chi connectivity index (χ0v) is 17.9. The van der Waals surface area contributed by atoms with Crippen molar-refractivity contribution in [3.8, 4) is 5.75 Å². The Morgan fingerprint density at radius 1 is 1.21 bits per heavy atom. The van der Waals surface area contributed by atoms with Crippen LogP contribution in [0.1, 0.15) is 30.9 Å². The number of carbonyl (C=O) groups excluding carboxylic acids is 1. The number of hydrogen-bond acceptors (Lipinski definition) is 4. The molecule has 1 saturated heterocycles. The molecule has 0 unspecified atom stereocenters. The molecular weight excluding hydrogens is 390 g/mol. The Kier molecular flexibility index (Phi) is 7.17. The van der Waals surface area contributed by atoms with E-state index in [0.717, 1.165) is 5.56 Å².